The predicted molar refractivity (Wildman–Crippen MR) is 63.8 cm³/mol. The summed E-state index contributed by atoms with van der Waals surface area (Å²) in [5.74, 6) is -0.997. The lowest BCUT2D eigenvalue weighted by Gasteiger charge is -2.14. The van der Waals surface area contributed by atoms with Gasteiger partial charge in [0.05, 0.1) is 0 Å². The van der Waals surface area contributed by atoms with Gasteiger partial charge in [-0.15, -0.1) is 0 Å². The summed E-state index contributed by atoms with van der Waals surface area (Å²) < 4.78 is 1.44. The molecule has 1 amide bonds. The maximum Gasteiger partial charge on any atom is 0.323 e. The van der Waals surface area contributed by atoms with Crippen LogP contribution in [0.5, 0.6) is 0 Å². The Morgan fingerprint density at radius 2 is 2.33 bits per heavy atom. The number of amides is 1. The summed E-state index contributed by atoms with van der Waals surface area (Å²) in [5.41, 5.74) is -0.503. The highest BCUT2D eigenvalue weighted by Crippen LogP contribution is 2.20. The number of rotatable bonds is 3. The van der Waals surface area contributed by atoms with Gasteiger partial charge in [-0.2, -0.15) is 0 Å². The van der Waals surface area contributed by atoms with Crippen LogP contribution in [-0.2, 0) is 11.3 Å². The molecule has 1 aromatic heterocycles. The first-order valence-electron chi connectivity index (χ1n) is 5.20. The number of fused-ring (bicyclic) bond motifs is 1. The van der Waals surface area contributed by atoms with Crippen molar-refractivity contribution in [2.45, 2.75) is 11.7 Å². The lowest BCUT2D eigenvalue weighted by molar-refractivity contribution is -0.137. The topological polar surface area (TPSA) is 92.5 Å². The van der Waals surface area contributed by atoms with Gasteiger partial charge in [-0.1, -0.05) is 11.8 Å². The normalized spacial score (nSPS) is 13.2. The van der Waals surface area contributed by atoms with Crippen LogP contribution in [0.1, 0.15) is 10.4 Å². The highest BCUT2D eigenvalue weighted by Gasteiger charge is 2.22. The molecular formula is C10H11N3O4S. The number of aliphatic carboxylic acids is 1. The molecule has 0 aliphatic carbocycles. The molecule has 0 saturated carbocycles. The maximum atomic E-state index is 12.0. The van der Waals surface area contributed by atoms with Gasteiger partial charge in [0.25, 0.3) is 11.5 Å². The molecule has 1 aliphatic heterocycles. The quantitative estimate of drug-likeness (QED) is 0.744. The Balaban J connectivity index is 2.32. The van der Waals surface area contributed by atoms with E-state index in [2.05, 4.69) is 4.98 Å². The Bertz CT molecular complexity index is 569. The number of carbonyl (C=O) groups excluding carboxylic acids is 1. The van der Waals surface area contributed by atoms with Crippen LogP contribution in [0.2, 0.25) is 0 Å². The molecule has 7 nitrogen and oxygen atoms in total. The van der Waals surface area contributed by atoms with Crippen LogP contribution in [0.15, 0.2) is 16.1 Å². The summed E-state index contributed by atoms with van der Waals surface area (Å²) in [6, 6.07) is 0. The summed E-state index contributed by atoms with van der Waals surface area (Å²) in [7, 11) is 1.34. The van der Waals surface area contributed by atoms with E-state index in [9.17, 15) is 14.4 Å². The molecule has 0 unspecified atom stereocenters. The fourth-order valence-corrected chi connectivity index (χ4v) is 2.56. The van der Waals surface area contributed by atoms with Gasteiger partial charge in [-0.25, -0.2) is 4.98 Å². The third-order valence-electron chi connectivity index (χ3n) is 2.51. The number of hydrogen-bond acceptors (Lipinski definition) is 5. The Hall–Kier alpha value is -1.83. The van der Waals surface area contributed by atoms with Crippen LogP contribution < -0.4 is 5.56 Å². The fraction of sp³-hybridized carbons (Fsp3) is 0.400. The van der Waals surface area contributed by atoms with Crippen LogP contribution in [0.3, 0.4) is 0 Å². The second kappa shape index (κ2) is 4.81. The van der Waals surface area contributed by atoms with Crippen LogP contribution in [0.25, 0.3) is 0 Å². The van der Waals surface area contributed by atoms with Gasteiger partial charge in [0, 0.05) is 25.5 Å². The molecule has 0 radical (unpaired) electrons. The lowest BCUT2D eigenvalue weighted by atomic mass is 10.3. The molecule has 1 aromatic rings. The molecule has 0 bridgehead atoms. The van der Waals surface area contributed by atoms with Gasteiger partial charge in [0.15, 0.2) is 5.16 Å². The van der Waals surface area contributed by atoms with Gasteiger partial charge >= 0.3 is 5.97 Å². The molecule has 0 saturated heterocycles. The van der Waals surface area contributed by atoms with E-state index >= 15 is 0 Å². The van der Waals surface area contributed by atoms with Crippen LogP contribution in [-0.4, -0.2) is 50.8 Å². The fourth-order valence-electron chi connectivity index (χ4n) is 1.64. The molecule has 0 aromatic carbocycles. The van der Waals surface area contributed by atoms with E-state index in [-0.39, 0.29) is 5.56 Å². The number of nitrogens with zero attached hydrogens (tertiary/aromatic N) is 3. The first-order valence-corrected chi connectivity index (χ1v) is 6.19. The van der Waals surface area contributed by atoms with Gasteiger partial charge in [0.1, 0.15) is 12.1 Å². The van der Waals surface area contributed by atoms with Crippen molar-refractivity contribution in [1.82, 2.24) is 14.5 Å². The van der Waals surface area contributed by atoms with Crippen molar-refractivity contribution < 1.29 is 14.7 Å². The summed E-state index contributed by atoms with van der Waals surface area (Å²) in [6.45, 7) is 0.0738. The Morgan fingerprint density at radius 3 is 3.00 bits per heavy atom. The standard InChI is InChI=1S/C10H11N3O4S/c1-12(5-7(14)15)8(16)6-4-11-10-13(9(6)17)2-3-18-10/h4H,2-3,5H2,1H3,(H,14,15). The molecule has 0 fully saturated rings. The van der Waals surface area contributed by atoms with Crippen molar-refractivity contribution in [2.24, 2.45) is 0 Å². The van der Waals surface area contributed by atoms with E-state index < -0.39 is 24.0 Å². The third kappa shape index (κ3) is 2.23. The van der Waals surface area contributed by atoms with E-state index in [0.29, 0.717) is 11.7 Å². The van der Waals surface area contributed by atoms with Crippen LogP contribution >= 0.6 is 11.8 Å². The number of hydrogen-bond donors (Lipinski definition) is 1. The van der Waals surface area contributed by atoms with Crippen molar-refractivity contribution in [3.63, 3.8) is 0 Å². The molecule has 0 atom stereocenters. The number of carbonyl (C=O) groups is 2. The van der Waals surface area contributed by atoms with E-state index in [4.69, 9.17) is 5.11 Å². The molecular weight excluding hydrogens is 258 g/mol. The maximum absolute atomic E-state index is 12.0. The molecule has 18 heavy (non-hydrogen) atoms. The molecule has 8 heteroatoms. The molecule has 0 spiro atoms. The average molecular weight is 269 g/mol. The van der Waals surface area contributed by atoms with E-state index in [1.54, 1.807) is 0 Å². The summed E-state index contributed by atoms with van der Waals surface area (Å²) in [6.07, 6.45) is 1.22. The zero-order valence-electron chi connectivity index (χ0n) is 9.62. The van der Waals surface area contributed by atoms with Crippen molar-refractivity contribution in [3.05, 3.63) is 22.1 Å². The molecule has 2 heterocycles. The highest BCUT2D eigenvalue weighted by atomic mass is 32.2. The van der Waals surface area contributed by atoms with E-state index in [1.807, 2.05) is 0 Å². The van der Waals surface area contributed by atoms with Gasteiger partial charge in [-0.3, -0.25) is 19.0 Å². The minimum atomic E-state index is -1.13. The number of likely N-dealkylation sites (N-methyl/N-ethyl adjacent to an activating group) is 1. The molecule has 2 rings (SSSR count). The molecule has 1 N–H and O–H groups in total. The Labute approximate surface area is 106 Å². The Morgan fingerprint density at radius 1 is 1.61 bits per heavy atom. The smallest absolute Gasteiger partial charge is 0.323 e. The van der Waals surface area contributed by atoms with E-state index in [0.717, 1.165) is 10.7 Å². The van der Waals surface area contributed by atoms with Crippen molar-refractivity contribution in [1.29, 1.82) is 0 Å². The van der Waals surface area contributed by atoms with Gasteiger partial charge in [-0.05, 0) is 0 Å². The molecule has 1 aliphatic rings. The van der Waals surface area contributed by atoms with Crippen molar-refractivity contribution in [3.8, 4) is 0 Å². The second-order valence-electron chi connectivity index (χ2n) is 3.81. The predicted octanol–water partition coefficient (Wildman–Crippen LogP) is -0.494. The number of carboxylic acid groups (broad SMARTS) is 1. The largest absolute Gasteiger partial charge is 0.480 e. The first-order chi connectivity index (χ1) is 8.50. The number of thioether (sulfide) groups is 1. The number of carboxylic acids is 1. The Kier molecular flexibility index (Phi) is 3.37. The van der Waals surface area contributed by atoms with Crippen molar-refractivity contribution >= 4 is 23.6 Å². The zero-order valence-corrected chi connectivity index (χ0v) is 10.4. The van der Waals surface area contributed by atoms with E-state index in [1.165, 1.54) is 29.6 Å². The van der Waals surface area contributed by atoms with Crippen LogP contribution in [0.4, 0.5) is 0 Å². The molecule has 96 valence electrons. The first kappa shape index (κ1) is 12.6. The average Bonchev–Trinajstić information content (AvgIpc) is 2.76. The highest BCUT2D eigenvalue weighted by molar-refractivity contribution is 7.99. The van der Waals surface area contributed by atoms with Crippen molar-refractivity contribution in [2.75, 3.05) is 19.3 Å². The zero-order chi connectivity index (χ0) is 13.3. The minimum absolute atomic E-state index is 0.0926. The lowest BCUT2D eigenvalue weighted by Crippen LogP contribution is -2.37. The summed E-state index contributed by atoms with van der Waals surface area (Å²) >= 11 is 1.45. The summed E-state index contributed by atoms with van der Waals surface area (Å²) in [4.78, 5) is 39.4. The van der Waals surface area contributed by atoms with Gasteiger partial charge < -0.3 is 10.0 Å². The summed E-state index contributed by atoms with van der Waals surface area (Å²) in [5, 5.41) is 9.20. The number of aromatic nitrogens is 2. The second-order valence-corrected chi connectivity index (χ2v) is 4.88. The van der Waals surface area contributed by atoms with Gasteiger partial charge in [0.2, 0.25) is 0 Å². The minimum Gasteiger partial charge on any atom is -0.480 e. The SMILES string of the molecule is CN(CC(=O)O)C(=O)c1cnc2n(c1=O)CCS2. The van der Waals surface area contributed by atoms with Crippen LogP contribution in [0, 0.1) is 0 Å². The third-order valence-corrected chi connectivity index (χ3v) is 3.48. The monoisotopic (exact) mass is 269 g/mol.